The molecule has 1 aromatic rings. The maximum atomic E-state index is 3.56. The zero-order valence-corrected chi connectivity index (χ0v) is 11.5. The van der Waals surface area contributed by atoms with E-state index in [-0.39, 0.29) is 0 Å². The Bertz CT molecular complexity index is 381. The summed E-state index contributed by atoms with van der Waals surface area (Å²) in [5.41, 5.74) is 4.11. The Kier molecular flexibility index (Phi) is 3.72. The second-order valence-corrected chi connectivity index (χ2v) is 5.48. The van der Waals surface area contributed by atoms with Gasteiger partial charge in [0.1, 0.15) is 0 Å². The van der Waals surface area contributed by atoms with Crippen LogP contribution in [0.2, 0.25) is 0 Å². The standard InChI is InChI=1S/C15H24N2/c1-11(2)17(4)15-8-5-13(9-12(15)3)10-16-14-6-7-14/h5,8-9,11,14,16H,6-7,10H2,1-4H3. The first kappa shape index (κ1) is 12.4. The molecule has 1 aliphatic rings. The number of rotatable bonds is 5. The van der Waals surface area contributed by atoms with Crippen LogP contribution in [0.25, 0.3) is 0 Å². The van der Waals surface area contributed by atoms with Gasteiger partial charge in [-0.05, 0) is 50.8 Å². The Morgan fingerprint density at radius 3 is 2.59 bits per heavy atom. The maximum absolute atomic E-state index is 3.56. The lowest BCUT2D eigenvalue weighted by Gasteiger charge is -2.26. The maximum Gasteiger partial charge on any atom is 0.0395 e. The molecule has 1 fully saturated rings. The molecule has 0 unspecified atom stereocenters. The van der Waals surface area contributed by atoms with Crippen molar-refractivity contribution in [2.45, 2.75) is 52.2 Å². The number of hydrogen-bond acceptors (Lipinski definition) is 2. The van der Waals surface area contributed by atoms with Crippen molar-refractivity contribution < 1.29 is 0 Å². The fourth-order valence-corrected chi connectivity index (χ4v) is 2.05. The number of benzene rings is 1. The van der Waals surface area contributed by atoms with E-state index < -0.39 is 0 Å². The van der Waals surface area contributed by atoms with Gasteiger partial charge in [0, 0.05) is 31.4 Å². The lowest BCUT2D eigenvalue weighted by Crippen LogP contribution is -2.26. The van der Waals surface area contributed by atoms with Crippen LogP contribution < -0.4 is 10.2 Å². The first-order chi connectivity index (χ1) is 8.08. The Morgan fingerprint density at radius 2 is 2.06 bits per heavy atom. The Morgan fingerprint density at radius 1 is 1.35 bits per heavy atom. The molecule has 0 radical (unpaired) electrons. The van der Waals surface area contributed by atoms with E-state index in [2.05, 4.69) is 56.2 Å². The summed E-state index contributed by atoms with van der Waals surface area (Å²) in [6.07, 6.45) is 2.71. The summed E-state index contributed by atoms with van der Waals surface area (Å²) in [5, 5.41) is 3.56. The van der Waals surface area contributed by atoms with Crippen LogP contribution in [0.1, 0.15) is 37.8 Å². The monoisotopic (exact) mass is 232 g/mol. The Balaban J connectivity index is 2.04. The van der Waals surface area contributed by atoms with E-state index >= 15 is 0 Å². The molecule has 2 nitrogen and oxygen atoms in total. The molecule has 2 rings (SSSR count). The molecule has 1 saturated carbocycles. The predicted molar refractivity (Wildman–Crippen MR) is 74.6 cm³/mol. The molecule has 1 N–H and O–H groups in total. The zero-order chi connectivity index (χ0) is 12.4. The normalized spacial score (nSPS) is 15.4. The van der Waals surface area contributed by atoms with Crippen LogP contribution in [0.15, 0.2) is 18.2 Å². The molecule has 0 aliphatic heterocycles. The van der Waals surface area contributed by atoms with E-state index in [1.165, 1.54) is 29.7 Å². The van der Waals surface area contributed by atoms with Gasteiger partial charge < -0.3 is 10.2 Å². The third kappa shape index (κ3) is 3.22. The van der Waals surface area contributed by atoms with Crippen molar-refractivity contribution in [1.82, 2.24) is 5.32 Å². The summed E-state index contributed by atoms with van der Waals surface area (Å²) in [7, 11) is 2.16. The first-order valence-corrected chi connectivity index (χ1v) is 6.63. The van der Waals surface area contributed by atoms with Gasteiger partial charge in [0.05, 0.1) is 0 Å². The van der Waals surface area contributed by atoms with Gasteiger partial charge in [-0.1, -0.05) is 12.1 Å². The number of aryl methyl sites for hydroxylation is 1. The van der Waals surface area contributed by atoms with Crippen molar-refractivity contribution in [2.75, 3.05) is 11.9 Å². The van der Waals surface area contributed by atoms with Crippen LogP contribution in [0.3, 0.4) is 0 Å². The molecule has 94 valence electrons. The average Bonchev–Trinajstić information content (AvgIpc) is 3.09. The van der Waals surface area contributed by atoms with E-state index in [0.717, 1.165) is 12.6 Å². The molecule has 1 aromatic carbocycles. The molecular formula is C15H24N2. The van der Waals surface area contributed by atoms with Crippen molar-refractivity contribution in [3.63, 3.8) is 0 Å². The summed E-state index contributed by atoms with van der Waals surface area (Å²) in [4.78, 5) is 2.33. The second-order valence-electron chi connectivity index (χ2n) is 5.48. The first-order valence-electron chi connectivity index (χ1n) is 6.63. The van der Waals surface area contributed by atoms with Crippen LogP contribution in [0.5, 0.6) is 0 Å². The summed E-state index contributed by atoms with van der Waals surface area (Å²) in [5.74, 6) is 0. The molecule has 2 heteroatoms. The molecule has 0 amide bonds. The van der Waals surface area contributed by atoms with Gasteiger partial charge in [-0.15, -0.1) is 0 Å². The van der Waals surface area contributed by atoms with E-state index in [0.29, 0.717) is 6.04 Å². The van der Waals surface area contributed by atoms with Crippen molar-refractivity contribution >= 4 is 5.69 Å². The molecule has 0 spiro atoms. The number of nitrogens with zero attached hydrogens (tertiary/aromatic N) is 1. The largest absolute Gasteiger partial charge is 0.372 e. The van der Waals surface area contributed by atoms with Gasteiger partial charge >= 0.3 is 0 Å². The topological polar surface area (TPSA) is 15.3 Å². The highest BCUT2D eigenvalue weighted by molar-refractivity contribution is 5.54. The summed E-state index contributed by atoms with van der Waals surface area (Å²) in [6.45, 7) is 7.66. The molecule has 0 saturated heterocycles. The van der Waals surface area contributed by atoms with Crippen molar-refractivity contribution in [3.05, 3.63) is 29.3 Å². The quantitative estimate of drug-likeness (QED) is 0.839. The van der Waals surface area contributed by atoms with Gasteiger partial charge in [0.25, 0.3) is 0 Å². The fraction of sp³-hybridized carbons (Fsp3) is 0.600. The third-order valence-corrected chi connectivity index (χ3v) is 3.59. The second kappa shape index (κ2) is 5.09. The van der Waals surface area contributed by atoms with Crippen molar-refractivity contribution in [2.24, 2.45) is 0 Å². The minimum absolute atomic E-state index is 0.545. The van der Waals surface area contributed by atoms with Gasteiger partial charge in [-0.3, -0.25) is 0 Å². The van der Waals surface area contributed by atoms with Gasteiger partial charge in [0.2, 0.25) is 0 Å². The lowest BCUT2D eigenvalue weighted by atomic mass is 10.1. The predicted octanol–water partition coefficient (Wildman–Crippen LogP) is 3.09. The summed E-state index contributed by atoms with van der Waals surface area (Å²) >= 11 is 0. The van der Waals surface area contributed by atoms with Gasteiger partial charge in [-0.25, -0.2) is 0 Å². The SMILES string of the molecule is Cc1cc(CNC2CC2)ccc1N(C)C(C)C. The van der Waals surface area contributed by atoms with E-state index in [9.17, 15) is 0 Å². The number of anilines is 1. The fourth-order valence-electron chi connectivity index (χ4n) is 2.05. The van der Waals surface area contributed by atoms with E-state index in [4.69, 9.17) is 0 Å². The van der Waals surface area contributed by atoms with Gasteiger partial charge in [-0.2, -0.15) is 0 Å². The van der Waals surface area contributed by atoms with Crippen molar-refractivity contribution in [1.29, 1.82) is 0 Å². The minimum Gasteiger partial charge on any atom is -0.372 e. The average molecular weight is 232 g/mol. The molecule has 17 heavy (non-hydrogen) atoms. The molecule has 0 aromatic heterocycles. The number of hydrogen-bond donors (Lipinski definition) is 1. The van der Waals surface area contributed by atoms with Crippen LogP contribution in [-0.4, -0.2) is 19.1 Å². The van der Waals surface area contributed by atoms with Crippen LogP contribution in [0, 0.1) is 6.92 Å². The van der Waals surface area contributed by atoms with Gasteiger partial charge in [0.15, 0.2) is 0 Å². The smallest absolute Gasteiger partial charge is 0.0395 e. The van der Waals surface area contributed by atoms with E-state index in [1.807, 2.05) is 0 Å². The van der Waals surface area contributed by atoms with Crippen LogP contribution >= 0.6 is 0 Å². The molecule has 0 heterocycles. The van der Waals surface area contributed by atoms with Crippen LogP contribution in [-0.2, 0) is 6.54 Å². The highest BCUT2D eigenvalue weighted by Crippen LogP contribution is 2.23. The molecular weight excluding hydrogens is 208 g/mol. The number of nitrogens with one attached hydrogen (secondary N) is 1. The molecule has 0 atom stereocenters. The summed E-state index contributed by atoms with van der Waals surface area (Å²) < 4.78 is 0. The Hall–Kier alpha value is -1.02. The lowest BCUT2D eigenvalue weighted by molar-refractivity contribution is 0.687. The highest BCUT2D eigenvalue weighted by Gasteiger charge is 2.20. The van der Waals surface area contributed by atoms with Crippen molar-refractivity contribution in [3.8, 4) is 0 Å². The molecule has 0 bridgehead atoms. The van der Waals surface area contributed by atoms with E-state index in [1.54, 1.807) is 0 Å². The Labute approximate surface area is 105 Å². The summed E-state index contributed by atoms with van der Waals surface area (Å²) in [6, 6.07) is 8.14. The third-order valence-electron chi connectivity index (χ3n) is 3.59. The highest BCUT2D eigenvalue weighted by atomic mass is 15.1. The minimum atomic E-state index is 0.545. The zero-order valence-electron chi connectivity index (χ0n) is 11.5. The molecule has 1 aliphatic carbocycles. The van der Waals surface area contributed by atoms with Crippen LogP contribution in [0.4, 0.5) is 5.69 Å².